The predicted octanol–water partition coefficient (Wildman–Crippen LogP) is 2.82. The van der Waals surface area contributed by atoms with Crippen molar-refractivity contribution in [3.8, 4) is 0 Å². The molecule has 4 nitrogen and oxygen atoms in total. The number of anilines is 2. The maximum Gasteiger partial charge on any atom is 0.263 e. The first-order chi connectivity index (χ1) is 9.06. The van der Waals surface area contributed by atoms with Crippen LogP contribution < -0.4 is 16.4 Å². The smallest absolute Gasteiger partial charge is 0.263 e. The van der Waals surface area contributed by atoms with Crippen molar-refractivity contribution in [3.63, 3.8) is 0 Å². The Bertz CT molecular complexity index is 489. The summed E-state index contributed by atoms with van der Waals surface area (Å²) < 4.78 is 0. The highest BCUT2D eigenvalue weighted by atomic mass is 32.1. The molecule has 5 heteroatoms. The Balaban J connectivity index is 1.61. The molecule has 2 fully saturated rings. The number of nitrogens with two attached hydrogens (primary N) is 1. The van der Waals surface area contributed by atoms with Gasteiger partial charge < -0.3 is 16.4 Å². The molecular weight excluding hydrogens is 258 g/mol. The van der Waals surface area contributed by atoms with Gasteiger partial charge in [-0.3, -0.25) is 4.79 Å². The first kappa shape index (κ1) is 12.8. The van der Waals surface area contributed by atoms with E-state index in [0.717, 1.165) is 24.4 Å². The summed E-state index contributed by atoms with van der Waals surface area (Å²) in [6, 6.07) is 2.26. The van der Waals surface area contributed by atoms with Crippen LogP contribution in [0.5, 0.6) is 0 Å². The zero-order chi connectivity index (χ0) is 13.5. The van der Waals surface area contributed by atoms with Crippen molar-refractivity contribution < 1.29 is 4.79 Å². The van der Waals surface area contributed by atoms with E-state index in [1.807, 2.05) is 6.07 Å². The highest BCUT2D eigenvalue weighted by molar-refractivity contribution is 7.18. The van der Waals surface area contributed by atoms with Crippen molar-refractivity contribution in [1.82, 2.24) is 5.32 Å². The van der Waals surface area contributed by atoms with Crippen LogP contribution >= 0.6 is 11.3 Å². The van der Waals surface area contributed by atoms with E-state index in [1.165, 1.54) is 30.6 Å². The normalized spacial score (nSPS) is 20.7. The van der Waals surface area contributed by atoms with E-state index < -0.39 is 0 Å². The van der Waals surface area contributed by atoms with Crippen molar-refractivity contribution in [3.05, 3.63) is 10.9 Å². The fraction of sp³-hybridized carbons (Fsp3) is 0.643. The molecule has 1 heterocycles. The minimum atomic E-state index is -0.0205. The summed E-state index contributed by atoms with van der Waals surface area (Å²) >= 11 is 1.46. The summed E-state index contributed by atoms with van der Waals surface area (Å²) in [5.74, 6) is -0.0205. The van der Waals surface area contributed by atoms with Crippen LogP contribution in [0.4, 0.5) is 10.7 Å². The highest BCUT2D eigenvalue weighted by Gasteiger charge is 2.31. The standard InChI is InChI=1S/C14H21N3OS/c1-14(5-2-6-14)8-16-11-7-10(15)12(19-11)13(18)17-9-3-4-9/h7,9,16H,2-6,8,15H2,1H3,(H,17,18). The molecule has 1 aromatic rings. The molecule has 0 spiro atoms. The highest BCUT2D eigenvalue weighted by Crippen LogP contribution is 2.41. The molecule has 4 N–H and O–H groups in total. The van der Waals surface area contributed by atoms with Crippen LogP contribution in [-0.2, 0) is 0 Å². The Hall–Kier alpha value is -1.23. The minimum Gasteiger partial charge on any atom is -0.397 e. The second-order valence-corrected chi connectivity index (χ2v) is 7.21. The molecule has 2 aliphatic rings. The molecule has 0 bridgehead atoms. The van der Waals surface area contributed by atoms with E-state index >= 15 is 0 Å². The third kappa shape index (κ3) is 2.86. The average Bonchev–Trinajstić information content (AvgIpc) is 3.06. The zero-order valence-electron chi connectivity index (χ0n) is 11.3. The quantitative estimate of drug-likeness (QED) is 0.776. The van der Waals surface area contributed by atoms with Crippen LogP contribution in [0.2, 0.25) is 0 Å². The molecule has 0 atom stereocenters. The van der Waals surface area contributed by atoms with Gasteiger partial charge in [-0.05, 0) is 37.2 Å². The number of nitrogens with one attached hydrogen (secondary N) is 2. The van der Waals surface area contributed by atoms with Crippen LogP contribution in [0, 0.1) is 5.41 Å². The molecule has 104 valence electrons. The van der Waals surface area contributed by atoms with Gasteiger partial charge in [0.05, 0.1) is 10.7 Å². The number of hydrogen-bond donors (Lipinski definition) is 3. The SMILES string of the molecule is CC1(CNc2cc(N)c(C(=O)NC3CC3)s2)CCC1. The lowest BCUT2D eigenvalue weighted by molar-refractivity contribution is 0.0956. The van der Waals surface area contributed by atoms with Crippen molar-refractivity contribution in [2.45, 2.75) is 45.1 Å². The molecular formula is C14H21N3OS. The van der Waals surface area contributed by atoms with Gasteiger partial charge in [0.15, 0.2) is 0 Å². The largest absolute Gasteiger partial charge is 0.397 e. The summed E-state index contributed by atoms with van der Waals surface area (Å²) in [6.45, 7) is 3.28. The van der Waals surface area contributed by atoms with Gasteiger partial charge in [-0.25, -0.2) is 0 Å². The predicted molar refractivity (Wildman–Crippen MR) is 79.7 cm³/mol. The minimum absolute atomic E-state index is 0.0205. The molecule has 2 saturated carbocycles. The Morgan fingerprint density at radius 2 is 2.26 bits per heavy atom. The molecule has 0 aliphatic heterocycles. The van der Waals surface area contributed by atoms with E-state index in [0.29, 0.717) is 22.0 Å². The average molecular weight is 279 g/mol. The molecule has 3 rings (SSSR count). The zero-order valence-corrected chi connectivity index (χ0v) is 12.1. The van der Waals surface area contributed by atoms with Crippen molar-refractivity contribution in [1.29, 1.82) is 0 Å². The number of amides is 1. The summed E-state index contributed by atoms with van der Waals surface area (Å²) in [5, 5.41) is 7.42. The number of rotatable bonds is 5. The Kier molecular flexibility index (Phi) is 3.17. The fourth-order valence-electron chi connectivity index (χ4n) is 2.41. The summed E-state index contributed by atoms with van der Waals surface area (Å²) in [6.07, 6.45) is 6.10. The lowest BCUT2D eigenvalue weighted by atomic mass is 9.70. The van der Waals surface area contributed by atoms with Gasteiger partial charge in [0, 0.05) is 12.6 Å². The van der Waals surface area contributed by atoms with Gasteiger partial charge in [-0.15, -0.1) is 11.3 Å². The molecule has 1 amide bonds. The summed E-state index contributed by atoms with van der Waals surface area (Å²) in [7, 11) is 0. The first-order valence-electron chi connectivity index (χ1n) is 7.00. The molecule has 1 aromatic heterocycles. The van der Waals surface area contributed by atoms with E-state index in [9.17, 15) is 4.79 Å². The Labute approximate surface area is 117 Å². The number of carbonyl (C=O) groups is 1. The molecule has 0 aromatic carbocycles. The summed E-state index contributed by atoms with van der Waals surface area (Å²) in [5.41, 5.74) is 6.95. The summed E-state index contributed by atoms with van der Waals surface area (Å²) in [4.78, 5) is 12.6. The lowest BCUT2D eigenvalue weighted by Gasteiger charge is -2.38. The Morgan fingerprint density at radius 3 is 2.84 bits per heavy atom. The second kappa shape index (κ2) is 4.71. The molecule has 2 aliphatic carbocycles. The first-order valence-corrected chi connectivity index (χ1v) is 7.81. The van der Waals surface area contributed by atoms with Gasteiger partial charge >= 0.3 is 0 Å². The van der Waals surface area contributed by atoms with Gasteiger partial charge in [0.1, 0.15) is 4.88 Å². The lowest BCUT2D eigenvalue weighted by Crippen LogP contribution is -2.33. The molecule has 0 unspecified atom stereocenters. The van der Waals surface area contributed by atoms with Gasteiger partial charge in [0.25, 0.3) is 5.91 Å². The van der Waals surface area contributed by atoms with Crippen LogP contribution in [0.1, 0.15) is 48.7 Å². The van der Waals surface area contributed by atoms with Gasteiger partial charge in [-0.2, -0.15) is 0 Å². The van der Waals surface area contributed by atoms with E-state index in [4.69, 9.17) is 5.73 Å². The van der Waals surface area contributed by atoms with Gasteiger partial charge in [-0.1, -0.05) is 13.3 Å². The maximum absolute atomic E-state index is 12.0. The van der Waals surface area contributed by atoms with E-state index in [-0.39, 0.29) is 5.91 Å². The Morgan fingerprint density at radius 1 is 1.53 bits per heavy atom. The van der Waals surface area contributed by atoms with Crippen LogP contribution in [0.25, 0.3) is 0 Å². The number of thiophene rings is 1. The number of nitrogen functional groups attached to an aromatic ring is 1. The molecule has 0 saturated heterocycles. The van der Waals surface area contributed by atoms with E-state index in [2.05, 4.69) is 17.6 Å². The van der Waals surface area contributed by atoms with E-state index in [1.54, 1.807) is 0 Å². The molecule has 0 radical (unpaired) electrons. The fourth-order valence-corrected chi connectivity index (χ4v) is 3.28. The van der Waals surface area contributed by atoms with Crippen LogP contribution in [0.15, 0.2) is 6.07 Å². The van der Waals surface area contributed by atoms with Crippen molar-refractivity contribution in [2.24, 2.45) is 5.41 Å². The number of hydrogen-bond acceptors (Lipinski definition) is 4. The van der Waals surface area contributed by atoms with Gasteiger partial charge in [0.2, 0.25) is 0 Å². The number of carbonyl (C=O) groups excluding carboxylic acids is 1. The monoisotopic (exact) mass is 279 g/mol. The third-order valence-corrected chi connectivity index (χ3v) is 5.24. The van der Waals surface area contributed by atoms with Crippen molar-refractivity contribution in [2.75, 3.05) is 17.6 Å². The van der Waals surface area contributed by atoms with Crippen LogP contribution in [-0.4, -0.2) is 18.5 Å². The van der Waals surface area contributed by atoms with Crippen molar-refractivity contribution >= 4 is 27.9 Å². The third-order valence-electron chi connectivity index (χ3n) is 4.13. The second-order valence-electron chi connectivity index (χ2n) is 6.16. The van der Waals surface area contributed by atoms with Crippen LogP contribution in [0.3, 0.4) is 0 Å². The maximum atomic E-state index is 12.0. The molecule has 19 heavy (non-hydrogen) atoms. The topological polar surface area (TPSA) is 67.1 Å².